The van der Waals surface area contributed by atoms with Crippen LogP contribution in [-0.4, -0.2) is 59.9 Å². The van der Waals surface area contributed by atoms with Gasteiger partial charge in [-0.1, -0.05) is 17.7 Å². The Hall–Kier alpha value is -2.89. The molecule has 3 rings (SSSR count). The van der Waals surface area contributed by atoms with E-state index >= 15 is 0 Å². The molecule has 2 heterocycles. The van der Waals surface area contributed by atoms with Gasteiger partial charge in [0.05, 0.1) is 19.1 Å². The number of carbonyl (C=O) groups is 2. The lowest BCUT2D eigenvalue weighted by Crippen LogP contribution is -2.51. The number of piperazine rings is 1. The van der Waals surface area contributed by atoms with Crippen LogP contribution in [0.4, 0.5) is 0 Å². The average Bonchev–Trinajstić information content (AvgIpc) is 2.68. The number of amides is 2. The van der Waals surface area contributed by atoms with Crippen LogP contribution >= 0.6 is 0 Å². The molecule has 0 bridgehead atoms. The topological polar surface area (TPSA) is 62.7 Å². The van der Waals surface area contributed by atoms with Crippen LogP contribution in [0.15, 0.2) is 42.7 Å². The highest BCUT2D eigenvalue weighted by Crippen LogP contribution is 2.21. The maximum absolute atomic E-state index is 12.7. The zero-order chi connectivity index (χ0) is 18.5. The van der Waals surface area contributed by atoms with Crippen molar-refractivity contribution in [3.63, 3.8) is 0 Å². The Balaban J connectivity index is 1.59. The van der Waals surface area contributed by atoms with Gasteiger partial charge in [-0.15, -0.1) is 0 Å². The molecule has 2 amide bonds. The van der Waals surface area contributed by atoms with E-state index in [9.17, 15) is 9.59 Å². The van der Waals surface area contributed by atoms with Gasteiger partial charge in [-0.25, -0.2) is 0 Å². The number of pyridine rings is 1. The highest BCUT2D eigenvalue weighted by molar-refractivity contribution is 5.94. The molecule has 0 atom stereocenters. The summed E-state index contributed by atoms with van der Waals surface area (Å²) in [5.41, 5.74) is 2.57. The van der Waals surface area contributed by atoms with Crippen LogP contribution in [0.3, 0.4) is 0 Å². The van der Waals surface area contributed by atoms with E-state index in [4.69, 9.17) is 4.74 Å². The van der Waals surface area contributed by atoms with Gasteiger partial charge in [0.2, 0.25) is 5.91 Å². The van der Waals surface area contributed by atoms with Crippen LogP contribution in [0.5, 0.6) is 5.75 Å². The zero-order valence-corrected chi connectivity index (χ0v) is 15.1. The molecule has 0 unspecified atom stereocenters. The summed E-state index contributed by atoms with van der Waals surface area (Å²) in [5.74, 6) is 0.752. The van der Waals surface area contributed by atoms with Gasteiger partial charge >= 0.3 is 0 Å². The summed E-state index contributed by atoms with van der Waals surface area (Å²) in [6, 6.07) is 9.36. The molecule has 0 radical (unpaired) electrons. The van der Waals surface area contributed by atoms with Crippen molar-refractivity contribution in [2.75, 3.05) is 33.3 Å². The number of ether oxygens (including phenoxy) is 1. The molecule has 6 heteroatoms. The number of carbonyl (C=O) groups excluding carboxylic acids is 2. The van der Waals surface area contributed by atoms with Crippen molar-refractivity contribution >= 4 is 11.8 Å². The molecule has 1 aliphatic rings. The van der Waals surface area contributed by atoms with Gasteiger partial charge in [-0.2, -0.15) is 0 Å². The minimum Gasteiger partial charge on any atom is -0.496 e. The van der Waals surface area contributed by atoms with E-state index in [0.29, 0.717) is 38.2 Å². The Labute approximate surface area is 153 Å². The molecule has 136 valence electrons. The highest BCUT2D eigenvalue weighted by atomic mass is 16.5. The van der Waals surface area contributed by atoms with Crippen LogP contribution in [0.25, 0.3) is 0 Å². The summed E-state index contributed by atoms with van der Waals surface area (Å²) in [5, 5.41) is 0. The summed E-state index contributed by atoms with van der Waals surface area (Å²) in [7, 11) is 1.61. The Morgan fingerprint density at radius 3 is 2.50 bits per heavy atom. The first-order chi connectivity index (χ1) is 12.6. The second kappa shape index (κ2) is 7.99. The van der Waals surface area contributed by atoms with E-state index in [0.717, 1.165) is 16.9 Å². The third-order valence-electron chi connectivity index (χ3n) is 4.61. The predicted molar refractivity (Wildman–Crippen MR) is 98.2 cm³/mol. The fraction of sp³-hybridized carbons (Fsp3) is 0.350. The van der Waals surface area contributed by atoms with Gasteiger partial charge in [-0.3, -0.25) is 14.6 Å². The van der Waals surface area contributed by atoms with E-state index in [2.05, 4.69) is 4.98 Å². The first-order valence-electron chi connectivity index (χ1n) is 8.69. The monoisotopic (exact) mass is 353 g/mol. The van der Waals surface area contributed by atoms with Crippen molar-refractivity contribution in [3.8, 4) is 5.75 Å². The number of benzene rings is 1. The molecule has 0 aliphatic carbocycles. The number of methoxy groups -OCH3 is 1. The number of aryl methyl sites for hydroxylation is 1. The van der Waals surface area contributed by atoms with Gasteiger partial charge in [0.15, 0.2) is 0 Å². The molecular weight excluding hydrogens is 330 g/mol. The van der Waals surface area contributed by atoms with Crippen LogP contribution in [-0.2, 0) is 11.2 Å². The minimum absolute atomic E-state index is 0.0365. The number of aromatic nitrogens is 1. The van der Waals surface area contributed by atoms with Crippen molar-refractivity contribution in [1.29, 1.82) is 0 Å². The first kappa shape index (κ1) is 17.9. The quantitative estimate of drug-likeness (QED) is 0.843. The summed E-state index contributed by atoms with van der Waals surface area (Å²) < 4.78 is 5.36. The Bertz CT molecular complexity index is 784. The third kappa shape index (κ3) is 4.02. The molecule has 1 saturated heterocycles. The summed E-state index contributed by atoms with van der Waals surface area (Å²) in [4.78, 5) is 32.7. The van der Waals surface area contributed by atoms with E-state index in [1.54, 1.807) is 36.5 Å². The molecule has 1 aromatic carbocycles. The van der Waals surface area contributed by atoms with Gasteiger partial charge in [-0.05, 0) is 25.1 Å². The smallest absolute Gasteiger partial charge is 0.255 e. The predicted octanol–water partition coefficient (Wildman–Crippen LogP) is 1.93. The van der Waals surface area contributed by atoms with Crippen LogP contribution in [0, 0.1) is 6.92 Å². The third-order valence-corrected chi connectivity index (χ3v) is 4.61. The lowest BCUT2D eigenvalue weighted by molar-refractivity contribution is -0.131. The molecule has 26 heavy (non-hydrogen) atoms. The lowest BCUT2D eigenvalue weighted by atomic mass is 10.1. The van der Waals surface area contributed by atoms with Gasteiger partial charge < -0.3 is 14.5 Å². The standard InChI is InChI=1S/C20H23N3O3/c1-15-5-6-18(26-2)17(12-15)13-19(24)22-8-10-23(11-9-22)20(25)16-4-3-7-21-14-16/h3-7,12,14H,8-11,13H2,1-2H3. The summed E-state index contributed by atoms with van der Waals surface area (Å²) in [6.07, 6.45) is 3.53. The second-order valence-electron chi connectivity index (χ2n) is 6.41. The van der Waals surface area contributed by atoms with Gasteiger partial charge in [0, 0.05) is 44.1 Å². The Kier molecular flexibility index (Phi) is 5.51. The molecule has 1 aliphatic heterocycles. The zero-order valence-electron chi connectivity index (χ0n) is 15.1. The normalized spacial score (nSPS) is 14.2. The number of hydrogen-bond acceptors (Lipinski definition) is 4. The van der Waals surface area contributed by atoms with Crippen molar-refractivity contribution in [2.45, 2.75) is 13.3 Å². The lowest BCUT2D eigenvalue weighted by Gasteiger charge is -2.35. The van der Waals surface area contributed by atoms with E-state index < -0.39 is 0 Å². The summed E-state index contributed by atoms with van der Waals surface area (Å²) in [6.45, 7) is 4.14. The molecule has 6 nitrogen and oxygen atoms in total. The SMILES string of the molecule is COc1ccc(C)cc1CC(=O)N1CCN(C(=O)c2cccnc2)CC1. The fourth-order valence-corrected chi connectivity index (χ4v) is 3.15. The molecule has 1 fully saturated rings. The van der Waals surface area contributed by atoms with E-state index in [1.165, 1.54) is 0 Å². The number of nitrogens with zero attached hydrogens (tertiary/aromatic N) is 3. The fourth-order valence-electron chi connectivity index (χ4n) is 3.15. The van der Waals surface area contributed by atoms with Crippen LogP contribution in [0.1, 0.15) is 21.5 Å². The van der Waals surface area contributed by atoms with Crippen molar-refractivity contribution in [2.24, 2.45) is 0 Å². The molecule has 1 aromatic heterocycles. The number of rotatable bonds is 4. The minimum atomic E-state index is -0.0365. The highest BCUT2D eigenvalue weighted by Gasteiger charge is 2.25. The number of hydrogen-bond donors (Lipinski definition) is 0. The largest absolute Gasteiger partial charge is 0.496 e. The Morgan fingerprint density at radius 1 is 1.12 bits per heavy atom. The van der Waals surface area contributed by atoms with Crippen molar-refractivity contribution in [3.05, 3.63) is 59.4 Å². The van der Waals surface area contributed by atoms with E-state index in [1.807, 2.05) is 30.0 Å². The Morgan fingerprint density at radius 2 is 1.85 bits per heavy atom. The van der Waals surface area contributed by atoms with Crippen LogP contribution in [0.2, 0.25) is 0 Å². The van der Waals surface area contributed by atoms with E-state index in [-0.39, 0.29) is 11.8 Å². The van der Waals surface area contributed by atoms with Crippen molar-refractivity contribution in [1.82, 2.24) is 14.8 Å². The van der Waals surface area contributed by atoms with Crippen LogP contribution < -0.4 is 4.74 Å². The molecule has 0 saturated carbocycles. The maximum atomic E-state index is 12.7. The second-order valence-corrected chi connectivity index (χ2v) is 6.41. The van der Waals surface area contributed by atoms with Gasteiger partial charge in [0.1, 0.15) is 5.75 Å². The maximum Gasteiger partial charge on any atom is 0.255 e. The van der Waals surface area contributed by atoms with Gasteiger partial charge in [0.25, 0.3) is 5.91 Å². The van der Waals surface area contributed by atoms with Crippen molar-refractivity contribution < 1.29 is 14.3 Å². The molecular formula is C20H23N3O3. The first-order valence-corrected chi connectivity index (χ1v) is 8.69. The average molecular weight is 353 g/mol. The molecule has 2 aromatic rings. The molecule has 0 N–H and O–H groups in total. The summed E-state index contributed by atoms with van der Waals surface area (Å²) >= 11 is 0. The molecule has 0 spiro atoms.